The first kappa shape index (κ1) is 26.1. The number of furan rings is 1. The first-order valence-electron chi connectivity index (χ1n) is 10.8. The number of hydrogen-bond acceptors (Lipinski definition) is 5. The van der Waals surface area contributed by atoms with Crippen LogP contribution in [0.3, 0.4) is 0 Å². The van der Waals surface area contributed by atoms with E-state index in [9.17, 15) is 4.79 Å². The third-order valence-corrected chi connectivity index (χ3v) is 5.16. The summed E-state index contributed by atoms with van der Waals surface area (Å²) in [5, 5.41) is 6.37. The highest BCUT2D eigenvalue weighted by Crippen LogP contribution is 2.06. The molecular weight excluding hydrogens is 521 g/mol. The van der Waals surface area contributed by atoms with Gasteiger partial charge in [-0.2, -0.15) is 0 Å². The molecule has 1 aromatic heterocycles. The quantitative estimate of drug-likeness (QED) is 0.202. The van der Waals surface area contributed by atoms with Gasteiger partial charge in [-0.05, 0) is 17.7 Å². The molecular formula is C23H34IN5O3. The van der Waals surface area contributed by atoms with Crippen LogP contribution < -0.4 is 10.6 Å². The van der Waals surface area contributed by atoms with Gasteiger partial charge in [0, 0.05) is 52.8 Å². The maximum atomic E-state index is 12.0. The van der Waals surface area contributed by atoms with Gasteiger partial charge in [0.25, 0.3) is 0 Å². The highest BCUT2D eigenvalue weighted by Gasteiger charge is 2.21. The van der Waals surface area contributed by atoms with E-state index in [4.69, 9.17) is 14.1 Å². The Hall–Kier alpha value is -2.11. The SMILES string of the molecule is COCCNC(=O)CN1CCN(C(=NCc2ccccc2)NCCc2ccco2)CC1.I. The van der Waals surface area contributed by atoms with E-state index in [-0.39, 0.29) is 29.9 Å². The number of ether oxygens (including phenoxy) is 1. The van der Waals surface area contributed by atoms with Gasteiger partial charge in [-0.3, -0.25) is 9.69 Å². The number of carbonyl (C=O) groups is 1. The summed E-state index contributed by atoms with van der Waals surface area (Å²) < 4.78 is 10.4. The lowest BCUT2D eigenvalue weighted by molar-refractivity contribution is -0.122. The van der Waals surface area contributed by atoms with Crippen LogP contribution >= 0.6 is 24.0 Å². The van der Waals surface area contributed by atoms with Crippen LogP contribution in [-0.4, -0.2) is 81.2 Å². The highest BCUT2D eigenvalue weighted by atomic mass is 127. The third kappa shape index (κ3) is 9.17. The zero-order valence-electron chi connectivity index (χ0n) is 18.7. The monoisotopic (exact) mass is 555 g/mol. The van der Waals surface area contributed by atoms with E-state index < -0.39 is 0 Å². The summed E-state index contributed by atoms with van der Waals surface area (Å²) in [5.41, 5.74) is 1.18. The number of carbonyl (C=O) groups excluding carboxylic acids is 1. The Balaban J connectivity index is 0.00000363. The van der Waals surface area contributed by atoms with Crippen LogP contribution in [0.4, 0.5) is 0 Å². The van der Waals surface area contributed by atoms with Crippen molar-refractivity contribution < 1.29 is 13.9 Å². The molecule has 2 aromatic rings. The van der Waals surface area contributed by atoms with Gasteiger partial charge in [-0.1, -0.05) is 30.3 Å². The van der Waals surface area contributed by atoms with Crippen LogP contribution in [0.15, 0.2) is 58.1 Å². The van der Waals surface area contributed by atoms with Crippen molar-refractivity contribution >= 4 is 35.8 Å². The van der Waals surface area contributed by atoms with Gasteiger partial charge in [0.1, 0.15) is 5.76 Å². The Bertz CT molecular complexity index is 793. The van der Waals surface area contributed by atoms with Crippen LogP contribution in [0.5, 0.6) is 0 Å². The Morgan fingerprint density at radius 2 is 1.84 bits per heavy atom. The average molecular weight is 555 g/mol. The van der Waals surface area contributed by atoms with Crippen LogP contribution in [-0.2, 0) is 22.5 Å². The molecule has 1 fully saturated rings. The molecule has 0 unspecified atom stereocenters. The lowest BCUT2D eigenvalue weighted by Crippen LogP contribution is -2.54. The highest BCUT2D eigenvalue weighted by molar-refractivity contribution is 14.0. The number of benzene rings is 1. The topological polar surface area (TPSA) is 82.3 Å². The molecule has 2 N–H and O–H groups in total. The number of guanidine groups is 1. The zero-order valence-corrected chi connectivity index (χ0v) is 21.0. The molecule has 32 heavy (non-hydrogen) atoms. The third-order valence-electron chi connectivity index (χ3n) is 5.16. The molecule has 1 amide bonds. The van der Waals surface area contributed by atoms with E-state index in [1.54, 1.807) is 13.4 Å². The molecule has 3 rings (SSSR count). The summed E-state index contributed by atoms with van der Waals surface area (Å²) in [6.07, 6.45) is 2.50. The minimum absolute atomic E-state index is 0. The largest absolute Gasteiger partial charge is 0.469 e. The fourth-order valence-corrected chi connectivity index (χ4v) is 3.44. The van der Waals surface area contributed by atoms with E-state index in [1.165, 1.54) is 5.56 Å². The molecule has 0 saturated carbocycles. The van der Waals surface area contributed by atoms with Crippen molar-refractivity contribution in [3.05, 3.63) is 60.1 Å². The van der Waals surface area contributed by atoms with E-state index in [1.807, 2.05) is 30.3 Å². The summed E-state index contributed by atoms with van der Waals surface area (Å²) in [6.45, 7) is 6.17. The first-order valence-corrected chi connectivity index (χ1v) is 10.8. The second-order valence-electron chi connectivity index (χ2n) is 7.49. The van der Waals surface area contributed by atoms with Gasteiger partial charge in [0.05, 0.1) is 26.0 Å². The molecule has 0 atom stereocenters. The minimum atomic E-state index is 0. The van der Waals surface area contributed by atoms with E-state index in [0.717, 1.165) is 50.9 Å². The maximum absolute atomic E-state index is 12.0. The Morgan fingerprint density at radius 3 is 2.53 bits per heavy atom. The standard InChI is InChI=1S/C23H33N5O3.HI/c1-30-17-11-24-22(29)19-27-12-14-28(15-13-27)23(25-10-9-21-8-5-16-31-21)26-18-20-6-3-2-4-7-20;/h2-8,16H,9-15,17-19H2,1H3,(H,24,29)(H,25,26);1H. The summed E-state index contributed by atoms with van der Waals surface area (Å²) in [7, 11) is 1.63. The van der Waals surface area contributed by atoms with Crippen molar-refractivity contribution in [2.75, 3.05) is 59.5 Å². The first-order chi connectivity index (χ1) is 15.2. The van der Waals surface area contributed by atoms with Crippen LogP contribution in [0, 0.1) is 0 Å². The maximum Gasteiger partial charge on any atom is 0.234 e. The molecule has 2 heterocycles. The van der Waals surface area contributed by atoms with Crippen LogP contribution in [0.1, 0.15) is 11.3 Å². The molecule has 1 aliphatic rings. The van der Waals surface area contributed by atoms with Crippen LogP contribution in [0.2, 0.25) is 0 Å². The number of halogens is 1. The van der Waals surface area contributed by atoms with Crippen molar-refractivity contribution in [1.82, 2.24) is 20.4 Å². The van der Waals surface area contributed by atoms with Crippen molar-refractivity contribution in [2.24, 2.45) is 4.99 Å². The summed E-state index contributed by atoms with van der Waals surface area (Å²) in [6, 6.07) is 14.1. The number of hydrogen-bond donors (Lipinski definition) is 2. The number of methoxy groups -OCH3 is 1. The van der Waals surface area contributed by atoms with Crippen molar-refractivity contribution in [3.8, 4) is 0 Å². The van der Waals surface area contributed by atoms with Gasteiger partial charge >= 0.3 is 0 Å². The van der Waals surface area contributed by atoms with E-state index in [0.29, 0.717) is 26.2 Å². The Morgan fingerprint density at radius 1 is 1.06 bits per heavy atom. The van der Waals surface area contributed by atoms with Gasteiger partial charge in [0.2, 0.25) is 5.91 Å². The summed E-state index contributed by atoms with van der Waals surface area (Å²) in [4.78, 5) is 21.4. The number of aliphatic imine (C=N–C) groups is 1. The molecule has 176 valence electrons. The molecule has 0 spiro atoms. The van der Waals surface area contributed by atoms with Crippen LogP contribution in [0.25, 0.3) is 0 Å². The lowest BCUT2D eigenvalue weighted by Gasteiger charge is -2.36. The Kier molecular flexibility index (Phi) is 12.1. The summed E-state index contributed by atoms with van der Waals surface area (Å²) in [5.74, 6) is 1.90. The van der Waals surface area contributed by atoms with E-state index >= 15 is 0 Å². The van der Waals surface area contributed by atoms with Gasteiger partial charge in [0.15, 0.2) is 5.96 Å². The average Bonchev–Trinajstić information content (AvgIpc) is 3.31. The van der Waals surface area contributed by atoms with Gasteiger partial charge < -0.3 is 24.7 Å². The molecule has 1 aliphatic heterocycles. The molecule has 0 aliphatic carbocycles. The lowest BCUT2D eigenvalue weighted by atomic mass is 10.2. The number of nitrogens with one attached hydrogen (secondary N) is 2. The van der Waals surface area contributed by atoms with Gasteiger partial charge in [-0.15, -0.1) is 24.0 Å². The molecule has 0 bridgehead atoms. The zero-order chi connectivity index (χ0) is 21.7. The predicted octanol–water partition coefficient (Wildman–Crippen LogP) is 1.97. The smallest absolute Gasteiger partial charge is 0.234 e. The fourth-order valence-electron chi connectivity index (χ4n) is 3.44. The summed E-state index contributed by atoms with van der Waals surface area (Å²) >= 11 is 0. The van der Waals surface area contributed by atoms with Crippen molar-refractivity contribution in [3.63, 3.8) is 0 Å². The molecule has 1 saturated heterocycles. The number of amides is 1. The second kappa shape index (κ2) is 14.9. The van der Waals surface area contributed by atoms with Crippen molar-refractivity contribution in [1.29, 1.82) is 0 Å². The molecule has 9 heteroatoms. The Labute approximate surface area is 207 Å². The predicted molar refractivity (Wildman–Crippen MR) is 136 cm³/mol. The molecule has 0 radical (unpaired) electrons. The second-order valence-corrected chi connectivity index (χ2v) is 7.49. The molecule has 8 nitrogen and oxygen atoms in total. The molecule has 1 aromatic carbocycles. The van der Waals surface area contributed by atoms with Gasteiger partial charge in [-0.25, -0.2) is 4.99 Å². The van der Waals surface area contributed by atoms with E-state index in [2.05, 4.69) is 32.6 Å². The number of nitrogens with zero attached hydrogens (tertiary/aromatic N) is 3. The normalized spacial score (nSPS) is 14.7. The minimum Gasteiger partial charge on any atom is -0.469 e. The van der Waals surface area contributed by atoms with Crippen molar-refractivity contribution in [2.45, 2.75) is 13.0 Å². The fraction of sp³-hybridized carbons (Fsp3) is 0.478. The number of rotatable bonds is 10. The number of piperazine rings is 1.